The van der Waals surface area contributed by atoms with Crippen molar-refractivity contribution in [3.05, 3.63) is 64.5 Å². The fourth-order valence-corrected chi connectivity index (χ4v) is 3.55. The number of nitrogens with zero attached hydrogens (tertiary/aromatic N) is 1. The van der Waals surface area contributed by atoms with Crippen LogP contribution in [0.5, 0.6) is 0 Å². The highest BCUT2D eigenvalue weighted by molar-refractivity contribution is 7.09. The second kappa shape index (κ2) is 7.01. The highest BCUT2D eigenvalue weighted by atomic mass is 32.1. The highest BCUT2D eigenvalue weighted by Crippen LogP contribution is 2.23. The minimum absolute atomic E-state index is 0.0487. The van der Waals surface area contributed by atoms with Gasteiger partial charge in [0.25, 0.3) is 0 Å². The van der Waals surface area contributed by atoms with E-state index in [0.717, 1.165) is 17.3 Å². The summed E-state index contributed by atoms with van der Waals surface area (Å²) < 4.78 is 0. The lowest BCUT2D eigenvalue weighted by atomic mass is 10.0. The van der Waals surface area contributed by atoms with Gasteiger partial charge in [-0.1, -0.05) is 30.3 Å². The molecule has 0 saturated carbocycles. The normalized spacial score (nSPS) is 14.1. The van der Waals surface area contributed by atoms with Crippen molar-refractivity contribution in [2.24, 2.45) is 0 Å². The van der Waals surface area contributed by atoms with Crippen LogP contribution in [0.25, 0.3) is 10.9 Å². The predicted molar refractivity (Wildman–Crippen MR) is 92.2 cm³/mol. The molecule has 22 heavy (non-hydrogen) atoms. The summed E-state index contributed by atoms with van der Waals surface area (Å²) in [5, 5.41) is 16.4. The largest absolute Gasteiger partial charge is 0.395 e. The van der Waals surface area contributed by atoms with E-state index in [4.69, 9.17) is 0 Å². The van der Waals surface area contributed by atoms with E-state index >= 15 is 0 Å². The first-order chi connectivity index (χ1) is 10.8. The molecule has 0 amide bonds. The number of aliphatic hydroxyl groups is 1. The number of pyridine rings is 1. The standard InChI is InChI=1S/C18H20N2OS/c1-13(20-15(12-21)11-16-7-4-10-22-16)17-8-2-5-14-6-3-9-19-18(14)17/h2-10,13,15,20-21H,11-12H2,1H3. The average molecular weight is 312 g/mol. The number of nitrogens with one attached hydrogen (secondary N) is 1. The molecule has 3 aromatic rings. The summed E-state index contributed by atoms with van der Waals surface area (Å²) in [6.45, 7) is 2.25. The Labute approximate surface area is 134 Å². The molecule has 2 unspecified atom stereocenters. The molecule has 0 aliphatic rings. The number of rotatable bonds is 6. The van der Waals surface area contributed by atoms with Gasteiger partial charge in [-0.25, -0.2) is 0 Å². The van der Waals surface area contributed by atoms with Crippen molar-refractivity contribution in [1.29, 1.82) is 0 Å². The van der Waals surface area contributed by atoms with Crippen molar-refractivity contribution in [2.45, 2.75) is 25.4 Å². The number of benzene rings is 1. The Balaban J connectivity index is 1.78. The third-order valence-electron chi connectivity index (χ3n) is 3.86. The van der Waals surface area contributed by atoms with Gasteiger partial charge in [0.1, 0.15) is 0 Å². The van der Waals surface area contributed by atoms with E-state index in [1.54, 1.807) is 11.3 Å². The van der Waals surface area contributed by atoms with Crippen LogP contribution < -0.4 is 5.32 Å². The minimum atomic E-state index is 0.0487. The van der Waals surface area contributed by atoms with Gasteiger partial charge in [0.15, 0.2) is 0 Å². The second-order valence-electron chi connectivity index (χ2n) is 5.47. The maximum Gasteiger partial charge on any atom is 0.0749 e. The molecule has 2 atom stereocenters. The first kappa shape index (κ1) is 15.2. The number of para-hydroxylation sites is 1. The summed E-state index contributed by atoms with van der Waals surface area (Å²) in [6, 6.07) is 14.6. The molecule has 4 heteroatoms. The van der Waals surface area contributed by atoms with E-state index in [2.05, 4.69) is 52.9 Å². The number of aromatic nitrogens is 1. The monoisotopic (exact) mass is 312 g/mol. The molecule has 0 fully saturated rings. The van der Waals surface area contributed by atoms with Gasteiger partial charge in [-0.15, -0.1) is 11.3 Å². The number of hydrogen-bond acceptors (Lipinski definition) is 4. The summed E-state index contributed by atoms with van der Waals surface area (Å²) in [4.78, 5) is 5.80. The number of fused-ring (bicyclic) bond motifs is 1. The zero-order valence-corrected chi connectivity index (χ0v) is 13.4. The van der Waals surface area contributed by atoms with E-state index in [-0.39, 0.29) is 18.7 Å². The number of aliphatic hydroxyl groups excluding tert-OH is 1. The highest BCUT2D eigenvalue weighted by Gasteiger charge is 2.16. The van der Waals surface area contributed by atoms with Crippen LogP contribution in [-0.2, 0) is 6.42 Å². The van der Waals surface area contributed by atoms with E-state index in [1.807, 2.05) is 18.3 Å². The molecule has 1 aromatic carbocycles. The molecular weight excluding hydrogens is 292 g/mol. The SMILES string of the molecule is CC(NC(CO)Cc1cccs1)c1cccc2cccnc12. The molecule has 2 N–H and O–H groups in total. The molecule has 114 valence electrons. The first-order valence-electron chi connectivity index (χ1n) is 7.51. The molecule has 2 aromatic heterocycles. The van der Waals surface area contributed by atoms with Crippen molar-refractivity contribution in [2.75, 3.05) is 6.61 Å². The fourth-order valence-electron chi connectivity index (χ4n) is 2.77. The predicted octanol–water partition coefficient (Wildman–Crippen LogP) is 3.55. The van der Waals surface area contributed by atoms with Gasteiger partial charge in [0.2, 0.25) is 0 Å². The molecule has 0 bridgehead atoms. The molecule has 0 radical (unpaired) electrons. The number of hydrogen-bond donors (Lipinski definition) is 2. The summed E-state index contributed by atoms with van der Waals surface area (Å²) >= 11 is 1.73. The summed E-state index contributed by atoms with van der Waals surface area (Å²) in [7, 11) is 0. The van der Waals surface area contributed by atoms with E-state index < -0.39 is 0 Å². The van der Waals surface area contributed by atoms with Gasteiger partial charge in [0.05, 0.1) is 12.1 Å². The zero-order valence-electron chi connectivity index (χ0n) is 12.6. The summed E-state index contributed by atoms with van der Waals surface area (Å²) in [6.07, 6.45) is 2.67. The fraction of sp³-hybridized carbons (Fsp3) is 0.278. The molecule has 0 aliphatic heterocycles. The molecule has 0 spiro atoms. The van der Waals surface area contributed by atoms with Crippen LogP contribution in [0.3, 0.4) is 0 Å². The van der Waals surface area contributed by atoms with E-state index in [1.165, 1.54) is 10.4 Å². The molecule has 0 aliphatic carbocycles. The van der Waals surface area contributed by atoms with E-state index in [9.17, 15) is 5.11 Å². The lowest BCUT2D eigenvalue weighted by Crippen LogP contribution is -2.36. The van der Waals surface area contributed by atoms with E-state index in [0.29, 0.717) is 0 Å². The lowest BCUT2D eigenvalue weighted by Gasteiger charge is -2.22. The third-order valence-corrected chi connectivity index (χ3v) is 4.76. The Morgan fingerprint density at radius 3 is 2.82 bits per heavy atom. The second-order valence-corrected chi connectivity index (χ2v) is 6.51. The Morgan fingerprint density at radius 2 is 2.05 bits per heavy atom. The molecule has 3 rings (SSSR count). The molecular formula is C18H20N2OS. The summed E-state index contributed by atoms with van der Waals surface area (Å²) in [5.41, 5.74) is 2.19. The van der Waals surface area contributed by atoms with Gasteiger partial charge >= 0.3 is 0 Å². The van der Waals surface area contributed by atoms with Gasteiger partial charge < -0.3 is 10.4 Å². The quantitative estimate of drug-likeness (QED) is 0.731. The lowest BCUT2D eigenvalue weighted by molar-refractivity contribution is 0.233. The van der Waals surface area contributed by atoms with Crippen LogP contribution in [0.2, 0.25) is 0 Å². The smallest absolute Gasteiger partial charge is 0.0749 e. The van der Waals surface area contributed by atoms with Crippen molar-refractivity contribution in [3.63, 3.8) is 0 Å². The third kappa shape index (κ3) is 3.35. The Kier molecular flexibility index (Phi) is 4.83. The van der Waals surface area contributed by atoms with Crippen molar-refractivity contribution in [3.8, 4) is 0 Å². The van der Waals surface area contributed by atoms with Gasteiger partial charge in [-0.3, -0.25) is 4.98 Å². The maximum absolute atomic E-state index is 9.66. The van der Waals surface area contributed by atoms with Crippen molar-refractivity contribution < 1.29 is 5.11 Å². The molecule has 2 heterocycles. The van der Waals surface area contributed by atoms with Crippen LogP contribution in [0.15, 0.2) is 54.0 Å². The van der Waals surface area contributed by atoms with Crippen LogP contribution in [0, 0.1) is 0 Å². The Morgan fingerprint density at radius 1 is 1.18 bits per heavy atom. The van der Waals surface area contributed by atoms with Crippen molar-refractivity contribution >= 4 is 22.2 Å². The van der Waals surface area contributed by atoms with Gasteiger partial charge in [-0.05, 0) is 36.4 Å². The Bertz CT molecular complexity index is 722. The van der Waals surface area contributed by atoms with Gasteiger partial charge in [0, 0.05) is 28.5 Å². The topological polar surface area (TPSA) is 45.1 Å². The molecule has 3 nitrogen and oxygen atoms in total. The van der Waals surface area contributed by atoms with Crippen LogP contribution in [0.4, 0.5) is 0 Å². The van der Waals surface area contributed by atoms with Crippen LogP contribution in [0.1, 0.15) is 23.4 Å². The van der Waals surface area contributed by atoms with Crippen LogP contribution >= 0.6 is 11.3 Å². The van der Waals surface area contributed by atoms with Crippen LogP contribution in [-0.4, -0.2) is 22.7 Å². The Hall–Kier alpha value is -1.75. The average Bonchev–Trinajstić information content (AvgIpc) is 3.06. The molecule has 0 saturated heterocycles. The van der Waals surface area contributed by atoms with Crippen molar-refractivity contribution in [1.82, 2.24) is 10.3 Å². The summed E-state index contributed by atoms with van der Waals surface area (Å²) in [5.74, 6) is 0. The first-order valence-corrected chi connectivity index (χ1v) is 8.39. The zero-order chi connectivity index (χ0) is 15.4. The minimum Gasteiger partial charge on any atom is -0.395 e. The van der Waals surface area contributed by atoms with Gasteiger partial charge in [-0.2, -0.15) is 0 Å². The number of thiophene rings is 1. The maximum atomic E-state index is 9.66.